The zero-order chi connectivity index (χ0) is 20.3. The second-order valence-electron chi connectivity index (χ2n) is 8.07. The first-order valence-corrected chi connectivity index (χ1v) is 9.80. The molecule has 0 bridgehead atoms. The molecule has 2 heterocycles. The maximum Gasteiger partial charge on any atom is 0.254 e. The minimum Gasteiger partial charge on any atom is -0.349 e. The van der Waals surface area contributed by atoms with Crippen molar-refractivity contribution in [3.05, 3.63) is 47.2 Å². The minimum absolute atomic E-state index is 0.0414. The molecule has 0 atom stereocenters. The normalized spacial score (nSPS) is 15.4. The highest BCUT2D eigenvalue weighted by molar-refractivity contribution is 6.33. The third-order valence-corrected chi connectivity index (χ3v) is 5.12. The molecule has 148 valence electrons. The van der Waals surface area contributed by atoms with Gasteiger partial charge in [0.05, 0.1) is 10.6 Å². The van der Waals surface area contributed by atoms with Crippen molar-refractivity contribution in [3.63, 3.8) is 0 Å². The summed E-state index contributed by atoms with van der Waals surface area (Å²) >= 11 is 6.16. The van der Waals surface area contributed by atoms with Crippen molar-refractivity contribution in [2.24, 2.45) is 5.41 Å². The first-order chi connectivity index (χ1) is 13.3. The second-order valence-corrected chi connectivity index (χ2v) is 8.47. The van der Waals surface area contributed by atoms with Crippen molar-refractivity contribution in [2.45, 2.75) is 39.7 Å². The monoisotopic (exact) mass is 400 g/mol. The Morgan fingerprint density at radius 1 is 1.11 bits per heavy atom. The van der Waals surface area contributed by atoms with Crippen molar-refractivity contribution in [1.29, 1.82) is 0 Å². The van der Waals surface area contributed by atoms with Gasteiger partial charge in [-0.25, -0.2) is 9.97 Å². The number of piperidine rings is 1. The Balaban J connectivity index is 1.57. The van der Waals surface area contributed by atoms with Crippen molar-refractivity contribution in [1.82, 2.24) is 20.2 Å². The second kappa shape index (κ2) is 8.27. The summed E-state index contributed by atoms with van der Waals surface area (Å²) in [6.07, 6.45) is 4.51. The Labute approximate surface area is 170 Å². The van der Waals surface area contributed by atoms with Gasteiger partial charge in [0, 0.05) is 42.5 Å². The number of carbonyl (C=O) groups excluding carboxylic acids is 2. The number of nitrogens with zero attached hydrogens (tertiary/aromatic N) is 3. The highest BCUT2D eigenvalue weighted by atomic mass is 35.5. The molecule has 28 heavy (non-hydrogen) atoms. The quantitative estimate of drug-likeness (QED) is 0.854. The van der Waals surface area contributed by atoms with Gasteiger partial charge in [0.25, 0.3) is 5.91 Å². The van der Waals surface area contributed by atoms with Crippen LogP contribution >= 0.6 is 11.6 Å². The largest absolute Gasteiger partial charge is 0.349 e. The zero-order valence-corrected chi connectivity index (χ0v) is 17.2. The maximum absolute atomic E-state index is 12.5. The number of benzene rings is 1. The molecule has 0 unspecified atom stereocenters. The molecule has 2 amide bonds. The lowest BCUT2D eigenvalue weighted by atomic mass is 9.93. The number of nitrogens with one attached hydrogen (secondary N) is 1. The smallest absolute Gasteiger partial charge is 0.254 e. The van der Waals surface area contributed by atoms with Gasteiger partial charge in [0.15, 0.2) is 5.82 Å². The molecule has 1 aliphatic rings. The van der Waals surface area contributed by atoms with Gasteiger partial charge in [0.2, 0.25) is 5.91 Å². The molecule has 1 fully saturated rings. The van der Waals surface area contributed by atoms with Crippen LogP contribution in [-0.2, 0) is 4.79 Å². The molecule has 0 saturated carbocycles. The van der Waals surface area contributed by atoms with Gasteiger partial charge in [-0.15, -0.1) is 0 Å². The predicted molar refractivity (Wildman–Crippen MR) is 109 cm³/mol. The lowest BCUT2D eigenvalue weighted by Gasteiger charge is -2.36. The molecule has 1 aromatic carbocycles. The summed E-state index contributed by atoms with van der Waals surface area (Å²) in [5.74, 6) is 0.434. The van der Waals surface area contributed by atoms with E-state index >= 15 is 0 Å². The van der Waals surface area contributed by atoms with Crippen molar-refractivity contribution < 1.29 is 9.59 Å². The van der Waals surface area contributed by atoms with E-state index in [9.17, 15) is 9.59 Å². The van der Waals surface area contributed by atoms with Gasteiger partial charge >= 0.3 is 0 Å². The Bertz CT molecular complexity index is 853. The molecule has 3 rings (SSSR count). The summed E-state index contributed by atoms with van der Waals surface area (Å²) in [5, 5.41) is 3.59. The van der Waals surface area contributed by atoms with Crippen LogP contribution in [0.1, 0.15) is 44.0 Å². The fraction of sp³-hybridized carbons (Fsp3) is 0.429. The van der Waals surface area contributed by atoms with E-state index in [1.165, 1.54) is 12.4 Å². The number of hydrogen-bond donors (Lipinski definition) is 1. The number of hydrogen-bond acceptors (Lipinski definition) is 4. The van der Waals surface area contributed by atoms with E-state index in [4.69, 9.17) is 11.6 Å². The van der Waals surface area contributed by atoms with Crippen LogP contribution in [0.15, 0.2) is 36.7 Å². The molecule has 1 saturated heterocycles. The Hall–Kier alpha value is -2.47. The molecular formula is C21H25ClN4O2. The summed E-state index contributed by atoms with van der Waals surface area (Å²) < 4.78 is 0. The van der Waals surface area contributed by atoms with E-state index < -0.39 is 0 Å². The molecule has 2 aromatic rings. The summed E-state index contributed by atoms with van der Waals surface area (Å²) in [6.45, 7) is 7.09. The van der Waals surface area contributed by atoms with Crippen molar-refractivity contribution in [3.8, 4) is 11.4 Å². The molecule has 6 nitrogen and oxygen atoms in total. The third kappa shape index (κ3) is 4.68. The van der Waals surface area contributed by atoms with Crippen LogP contribution in [0.3, 0.4) is 0 Å². The number of rotatable bonds is 3. The Morgan fingerprint density at radius 2 is 1.71 bits per heavy atom. The van der Waals surface area contributed by atoms with Gasteiger partial charge in [-0.05, 0) is 25.0 Å². The number of amides is 2. The van der Waals surface area contributed by atoms with Gasteiger partial charge < -0.3 is 10.2 Å². The summed E-state index contributed by atoms with van der Waals surface area (Å²) in [7, 11) is 0. The van der Waals surface area contributed by atoms with Crippen molar-refractivity contribution in [2.75, 3.05) is 13.1 Å². The summed E-state index contributed by atoms with van der Waals surface area (Å²) in [5.41, 5.74) is 0.757. The SMILES string of the molecule is CC(C)(C)C(=O)N1CCC(NC(=O)c2cnc(-c3ccccc3Cl)nc2)CC1. The van der Waals surface area contributed by atoms with Crippen LogP contribution in [0.5, 0.6) is 0 Å². The van der Waals surface area contributed by atoms with Gasteiger partial charge in [-0.2, -0.15) is 0 Å². The average molecular weight is 401 g/mol. The summed E-state index contributed by atoms with van der Waals surface area (Å²) in [4.78, 5) is 35.3. The fourth-order valence-electron chi connectivity index (χ4n) is 3.20. The van der Waals surface area contributed by atoms with Crippen LogP contribution in [0.4, 0.5) is 0 Å². The standard InChI is InChI=1S/C21H25ClN4O2/c1-21(2,3)20(28)26-10-8-15(9-11-26)25-19(27)14-12-23-18(24-13-14)16-6-4-5-7-17(16)22/h4-7,12-13,15H,8-11H2,1-3H3,(H,25,27). The lowest BCUT2D eigenvalue weighted by Crippen LogP contribution is -2.49. The van der Waals surface area contributed by atoms with Crippen molar-refractivity contribution >= 4 is 23.4 Å². The third-order valence-electron chi connectivity index (χ3n) is 4.79. The van der Waals surface area contributed by atoms with E-state index in [2.05, 4.69) is 15.3 Å². The number of aromatic nitrogens is 2. The first kappa shape index (κ1) is 20.3. The molecule has 1 N–H and O–H groups in total. The minimum atomic E-state index is -0.378. The molecule has 7 heteroatoms. The van der Waals surface area contributed by atoms with E-state index in [0.29, 0.717) is 29.5 Å². The van der Waals surface area contributed by atoms with E-state index in [0.717, 1.165) is 18.4 Å². The molecule has 1 aliphatic heterocycles. The van der Waals surface area contributed by atoms with Gasteiger partial charge in [-0.1, -0.05) is 44.5 Å². The van der Waals surface area contributed by atoms with Crippen LogP contribution in [0.25, 0.3) is 11.4 Å². The molecular weight excluding hydrogens is 376 g/mol. The fourth-order valence-corrected chi connectivity index (χ4v) is 3.42. The lowest BCUT2D eigenvalue weighted by molar-refractivity contribution is -0.140. The van der Waals surface area contributed by atoms with E-state index in [1.54, 1.807) is 6.07 Å². The molecule has 0 aliphatic carbocycles. The highest BCUT2D eigenvalue weighted by Gasteiger charge is 2.30. The Morgan fingerprint density at radius 3 is 2.29 bits per heavy atom. The molecule has 0 spiro atoms. The number of halogens is 1. The molecule has 1 aromatic heterocycles. The zero-order valence-electron chi connectivity index (χ0n) is 16.4. The van der Waals surface area contributed by atoms with Crippen LogP contribution in [0, 0.1) is 5.41 Å². The maximum atomic E-state index is 12.5. The number of likely N-dealkylation sites (tertiary alicyclic amines) is 1. The van der Waals surface area contributed by atoms with E-state index in [1.807, 2.05) is 43.9 Å². The molecule has 0 radical (unpaired) electrons. The van der Waals surface area contributed by atoms with Crippen LogP contribution < -0.4 is 5.32 Å². The first-order valence-electron chi connectivity index (χ1n) is 9.43. The van der Waals surface area contributed by atoms with Crippen LogP contribution in [0.2, 0.25) is 5.02 Å². The topological polar surface area (TPSA) is 75.2 Å². The Kier molecular flexibility index (Phi) is 5.98. The highest BCUT2D eigenvalue weighted by Crippen LogP contribution is 2.24. The summed E-state index contributed by atoms with van der Waals surface area (Å²) in [6, 6.07) is 7.36. The predicted octanol–water partition coefficient (Wildman–Crippen LogP) is 3.56. The van der Waals surface area contributed by atoms with Gasteiger partial charge in [-0.3, -0.25) is 9.59 Å². The number of carbonyl (C=O) groups is 2. The average Bonchev–Trinajstić information content (AvgIpc) is 2.68. The van der Waals surface area contributed by atoms with Crippen LogP contribution in [-0.4, -0.2) is 45.8 Å². The van der Waals surface area contributed by atoms with E-state index in [-0.39, 0.29) is 23.3 Å². The van der Waals surface area contributed by atoms with Gasteiger partial charge in [0.1, 0.15) is 0 Å².